The van der Waals surface area contributed by atoms with Crippen molar-refractivity contribution in [2.75, 3.05) is 0 Å². The van der Waals surface area contributed by atoms with Gasteiger partial charge in [-0.25, -0.2) is 4.39 Å². The van der Waals surface area contributed by atoms with Gasteiger partial charge < -0.3 is 4.57 Å². The lowest BCUT2D eigenvalue weighted by atomic mass is 10.2. The molecule has 0 N–H and O–H groups in total. The van der Waals surface area contributed by atoms with Crippen molar-refractivity contribution >= 4 is 21.8 Å². The maximum atomic E-state index is 14.2. The van der Waals surface area contributed by atoms with Crippen LogP contribution in [0.4, 0.5) is 4.39 Å². The topological polar surface area (TPSA) is 4.93 Å². The lowest BCUT2D eigenvalue weighted by molar-refractivity contribution is 0.621. The highest BCUT2D eigenvalue weighted by atomic mass is 19.1. The number of halogens is 1. The first-order valence-corrected chi connectivity index (χ1v) is 6.59. The average Bonchev–Trinajstić information content (AvgIpc) is 2.83. The van der Waals surface area contributed by atoms with Crippen LogP contribution in [0, 0.1) is 5.82 Å². The molecule has 4 aromatic rings. The summed E-state index contributed by atoms with van der Waals surface area (Å²) in [5.74, 6) is -0.209. The van der Waals surface area contributed by atoms with Crippen LogP contribution in [0.2, 0.25) is 0 Å². The smallest absolute Gasteiger partial charge is 0.147 e. The van der Waals surface area contributed by atoms with Crippen molar-refractivity contribution in [3.8, 4) is 5.69 Å². The molecular formula is C18H12FN. The molecule has 0 aliphatic carbocycles. The molecule has 0 saturated heterocycles. The Kier molecular flexibility index (Phi) is 2.36. The fourth-order valence-corrected chi connectivity index (χ4v) is 2.82. The second-order valence-corrected chi connectivity index (χ2v) is 4.82. The van der Waals surface area contributed by atoms with Gasteiger partial charge in [-0.2, -0.15) is 0 Å². The molecule has 0 saturated carbocycles. The standard InChI is InChI=1S/C18H12FN/c19-15-9-3-6-12-18(15)20-16-10-4-1-7-13(16)14-8-2-5-11-17(14)20/h1-12H. The molecule has 96 valence electrons. The summed E-state index contributed by atoms with van der Waals surface area (Å²) < 4.78 is 16.2. The summed E-state index contributed by atoms with van der Waals surface area (Å²) in [6, 6.07) is 23.1. The van der Waals surface area contributed by atoms with Gasteiger partial charge in [0.05, 0.1) is 16.7 Å². The Bertz CT molecular complexity index is 868. The first-order chi connectivity index (χ1) is 9.86. The minimum absolute atomic E-state index is 0.209. The largest absolute Gasteiger partial charge is 0.306 e. The van der Waals surface area contributed by atoms with Gasteiger partial charge in [0, 0.05) is 10.8 Å². The summed E-state index contributed by atoms with van der Waals surface area (Å²) in [4.78, 5) is 0. The van der Waals surface area contributed by atoms with Crippen LogP contribution < -0.4 is 0 Å². The van der Waals surface area contributed by atoms with E-state index in [1.165, 1.54) is 6.07 Å². The van der Waals surface area contributed by atoms with Crippen molar-refractivity contribution in [2.45, 2.75) is 0 Å². The Morgan fingerprint density at radius 2 is 1.10 bits per heavy atom. The lowest BCUT2D eigenvalue weighted by Gasteiger charge is -2.08. The van der Waals surface area contributed by atoms with E-state index in [1.807, 2.05) is 53.1 Å². The first kappa shape index (κ1) is 11.2. The van der Waals surface area contributed by atoms with E-state index in [0.29, 0.717) is 5.69 Å². The Hall–Kier alpha value is -2.61. The number of para-hydroxylation sites is 3. The quantitative estimate of drug-likeness (QED) is 0.458. The van der Waals surface area contributed by atoms with Gasteiger partial charge >= 0.3 is 0 Å². The summed E-state index contributed by atoms with van der Waals surface area (Å²) in [7, 11) is 0. The van der Waals surface area contributed by atoms with Gasteiger partial charge in [0.25, 0.3) is 0 Å². The molecule has 0 radical (unpaired) electrons. The molecular weight excluding hydrogens is 249 g/mol. The highest BCUT2D eigenvalue weighted by Crippen LogP contribution is 2.32. The third-order valence-corrected chi connectivity index (χ3v) is 3.67. The maximum absolute atomic E-state index is 14.2. The van der Waals surface area contributed by atoms with Crippen LogP contribution in [0.3, 0.4) is 0 Å². The van der Waals surface area contributed by atoms with E-state index in [9.17, 15) is 4.39 Å². The Morgan fingerprint density at radius 1 is 0.600 bits per heavy atom. The fourth-order valence-electron chi connectivity index (χ4n) is 2.82. The van der Waals surface area contributed by atoms with Crippen LogP contribution in [-0.4, -0.2) is 4.57 Å². The monoisotopic (exact) mass is 261 g/mol. The van der Waals surface area contributed by atoms with Crippen LogP contribution in [0.5, 0.6) is 0 Å². The molecule has 0 unspecified atom stereocenters. The molecule has 1 nitrogen and oxygen atoms in total. The fraction of sp³-hybridized carbons (Fsp3) is 0. The number of benzene rings is 3. The minimum atomic E-state index is -0.209. The van der Waals surface area contributed by atoms with Crippen molar-refractivity contribution in [1.82, 2.24) is 4.57 Å². The number of hydrogen-bond acceptors (Lipinski definition) is 0. The SMILES string of the molecule is Fc1ccccc1-n1c2ccccc2c2ccccc21. The predicted molar refractivity (Wildman–Crippen MR) is 80.7 cm³/mol. The van der Waals surface area contributed by atoms with E-state index in [1.54, 1.807) is 6.07 Å². The van der Waals surface area contributed by atoms with Gasteiger partial charge in [0.15, 0.2) is 0 Å². The van der Waals surface area contributed by atoms with Crippen LogP contribution >= 0.6 is 0 Å². The second-order valence-electron chi connectivity index (χ2n) is 4.82. The molecule has 0 aliphatic heterocycles. The average molecular weight is 261 g/mol. The molecule has 2 heteroatoms. The van der Waals surface area contributed by atoms with Crippen molar-refractivity contribution in [1.29, 1.82) is 0 Å². The summed E-state index contributed by atoms with van der Waals surface area (Å²) >= 11 is 0. The normalized spacial score (nSPS) is 11.2. The third kappa shape index (κ3) is 1.48. The van der Waals surface area contributed by atoms with Crippen LogP contribution in [0.25, 0.3) is 27.5 Å². The lowest BCUT2D eigenvalue weighted by Crippen LogP contribution is -1.96. The molecule has 1 aromatic heterocycles. The zero-order chi connectivity index (χ0) is 13.5. The summed E-state index contributed by atoms with van der Waals surface area (Å²) in [6.45, 7) is 0. The van der Waals surface area contributed by atoms with Crippen molar-refractivity contribution in [2.24, 2.45) is 0 Å². The Labute approximate surface area is 115 Å². The number of nitrogens with zero attached hydrogens (tertiary/aromatic N) is 1. The molecule has 1 heterocycles. The molecule has 0 amide bonds. The zero-order valence-electron chi connectivity index (χ0n) is 10.8. The number of hydrogen-bond donors (Lipinski definition) is 0. The van der Waals surface area contributed by atoms with Crippen LogP contribution in [-0.2, 0) is 0 Å². The van der Waals surface area contributed by atoms with Gasteiger partial charge in [-0.05, 0) is 24.3 Å². The second kappa shape index (κ2) is 4.20. The Balaban J connectivity index is 2.24. The number of rotatable bonds is 1. The van der Waals surface area contributed by atoms with Crippen LogP contribution in [0.1, 0.15) is 0 Å². The third-order valence-electron chi connectivity index (χ3n) is 3.67. The Morgan fingerprint density at radius 3 is 1.70 bits per heavy atom. The van der Waals surface area contributed by atoms with E-state index in [4.69, 9.17) is 0 Å². The van der Waals surface area contributed by atoms with Crippen molar-refractivity contribution in [3.05, 3.63) is 78.6 Å². The summed E-state index contributed by atoms with van der Waals surface area (Å²) in [5, 5.41) is 2.29. The maximum Gasteiger partial charge on any atom is 0.147 e. The summed E-state index contributed by atoms with van der Waals surface area (Å²) in [5.41, 5.74) is 2.64. The van der Waals surface area contributed by atoms with E-state index >= 15 is 0 Å². The first-order valence-electron chi connectivity index (χ1n) is 6.59. The molecule has 0 aliphatic rings. The van der Waals surface area contributed by atoms with Gasteiger partial charge in [0.2, 0.25) is 0 Å². The van der Waals surface area contributed by atoms with Gasteiger partial charge in [0.1, 0.15) is 5.82 Å². The van der Waals surface area contributed by atoms with E-state index in [-0.39, 0.29) is 5.82 Å². The van der Waals surface area contributed by atoms with E-state index in [2.05, 4.69) is 12.1 Å². The summed E-state index contributed by atoms with van der Waals surface area (Å²) in [6.07, 6.45) is 0. The molecule has 0 bridgehead atoms. The molecule has 3 aromatic carbocycles. The van der Waals surface area contributed by atoms with Gasteiger partial charge in [-0.15, -0.1) is 0 Å². The minimum Gasteiger partial charge on any atom is -0.306 e. The molecule has 0 atom stereocenters. The molecule has 0 fully saturated rings. The molecule has 4 rings (SSSR count). The van der Waals surface area contributed by atoms with Gasteiger partial charge in [-0.3, -0.25) is 0 Å². The van der Waals surface area contributed by atoms with E-state index in [0.717, 1.165) is 21.8 Å². The zero-order valence-corrected chi connectivity index (χ0v) is 10.8. The highest BCUT2D eigenvalue weighted by Gasteiger charge is 2.13. The highest BCUT2D eigenvalue weighted by molar-refractivity contribution is 6.09. The van der Waals surface area contributed by atoms with Crippen molar-refractivity contribution in [3.63, 3.8) is 0 Å². The van der Waals surface area contributed by atoms with Crippen molar-refractivity contribution < 1.29 is 4.39 Å². The van der Waals surface area contributed by atoms with E-state index < -0.39 is 0 Å². The van der Waals surface area contributed by atoms with Crippen LogP contribution in [0.15, 0.2) is 72.8 Å². The van der Waals surface area contributed by atoms with Gasteiger partial charge in [-0.1, -0.05) is 48.5 Å². The number of aromatic nitrogens is 1. The molecule has 0 spiro atoms. The molecule has 20 heavy (non-hydrogen) atoms. The number of fused-ring (bicyclic) bond motifs is 3. The predicted octanol–water partition coefficient (Wildman–Crippen LogP) is 4.92.